The third-order valence-corrected chi connectivity index (χ3v) is 5.10. The average molecular weight is 366 g/mol. The Labute approximate surface area is 165 Å². The van der Waals surface area contributed by atoms with Crippen LogP contribution in [-0.2, 0) is 0 Å². The molecule has 0 saturated heterocycles. The highest BCUT2D eigenvalue weighted by atomic mass is 16.5. The Morgan fingerprint density at radius 1 is 1.00 bits per heavy atom. The third-order valence-electron chi connectivity index (χ3n) is 5.10. The fraction of sp³-hybridized carbons (Fsp3) is 0.440. The van der Waals surface area contributed by atoms with Crippen molar-refractivity contribution in [3.05, 3.63) is 77.9 Å². The highest BCUT2D eigenvalue weighted by Gasteiger charge is 2.22. The van der Waals surface area contributed by atoms with Gasteiger partial charge in [-0.3, -0.25) is 4.90 Å². The first-order valence-electron chi connectivity index (χ1n) is 10.1. The Bertz CT molecular complexity index is 698. The quantitative estimate of drug-likeness (QED) is 0.465. The molecule has 0 aliphatic carbocycles. The van der Waals surface area contributed by atoms with Crippen LogP contribution in [0.25, 0.3) is 0 Å². The number of hydrogen-bond acceptors (Lipinski definition) is 2. The molecule has 2 heteroatoms. The fourth-order valence-electron chi connectivity index (χ4n) is 3.80. The molecule has 0 fully saturated rings. The van der Waals surface area contributed by atoms with Crippen LogP contribution in [0, 0.1) is 6.92 Å². The molecule has 2 aromatic rings. The molecular formula is C25H35NO. The Morgan fingerprint density at radius 2 is 1.67 bits per heavy atom. The lowest BCUT2D eigenvalue weighted by Gasteiger charge is -2.32. The maximum absolute atomic E-state index is 6.01. The Kier molecular flexibility index (Phi) is 8.12. The summed E-state index contributed by atoms with van der Waals surface area (Å²) in [4.78, 5) is 2.57. The molecule has 0 bridgehead atoms. The third kappa shape index (κ3) is 5.97. The second-order valence-corrected chi connectivity index (χ2v) is 7.82. The zero-order chi connectivity index (χ0) is 19.8. The first-order valence-corrected chi connectivity index (χ1v) is 10.1. The molecule has 2 aromatic carbocycles. The summed E-state index contributed by atoms with van der Waals surface area (Å²) in [5, 5.41) is 0. The van der Waals surface area contributed by atoms with Crippen LogP contribution < -0.4 is 4.74 Å². The normalized spacial score (nSPS) is 12.6. The summed E-state index contributed by atoms with van der Waals surface area (Å²) in [6, 6.07) is 18.4. The molecule has 146 valence electrons. The molecule has 2 rings (SSSR count). The van der Waals surface area contributed by atoms with E-state index in [1.165, 1.54) is 16.7 Å². The van der Waals surface area contributed by atoms with E-state index in [2.05, 4.69) is 94.6 Å². The van der Waals surface area contributed by atoms with Gasteiger partial charge in [0.25, 0.3) is 0 Å². The number of benzene rings is 2. The molecule has 0 aliphatic rings. The standard InChI is InChI=1S/C25H35NO/c1-7-17-27-25-14-13-21(6)18-24(25)23(22-11-9-8-10-12-22)15-16-26(19(2)3)20(4)5/h7-14,18-20,23H,1,15-17H2,2-6H3/t23-/m1/s1. The molecule has 0 heterocycles. The number of rotatable bonds is 10. The van der Waals surface area contributed by atoms with Gasteiger partial charge in [-0.1, -0.05) is 60.7 Å². The van der Waals surface area contributed by atoms with E-state index >= 15 is 0 Å². The van der Waals surface area contributed by atoms with Gasteiger partial charge in [-0.25, -0.2) is 0 Å². The number of aryl methyl sites for hydroxylation is 1. The summed E-state index contributed by atoms with van der Waals surface area (Å²) in [6.45, 7) is 16.7. The highest BCUT2D eigenvalue weighted by molar-refractivity contribution is 5.44. The number of ether oxygens (including phenoxy) is 1. The van der Waals surface area contributed by atoms with Crippen molar-refractivity contribution in [3.8, 4) is 5.75 Å². The van der Waals surface area contributed by atoms with Gasteiger partial charge in [-0.15, -0.1) is 0 Å². The van der Waals surface area contributed by atoms with Crippen LogP contribution in [0.1, 0.15) is 56.7 Å². The van der Waals surface area contributed by atoms with E-state index in [0.29, 0.717) is 24.6 Å². The van der Waals surface area contributed by atoms with Crippen molar-refractivity contribution < 1.29 is 4.74 Å². The van der Waals surface area contributed by atoms with E-state index in [0.717, 1.165) is 18.7 Å². The minimum atomic E-state index is 0.311. The summed E-state index contributed by atoms with van der Waals surface area (Å²) in [6.07, 6.45) is 2.87. The molecule has 0 aromatic heterocycles. The molecule has 0 spiro atoms. The molecule has 2 nitrogen and oxygen atoms in total. The Hall–Kier alpha value is -2.06. The lowest BCUT2D eigenvalue weighted by Crippen LogP contribution is -2.38. The first kappa shape index (κ1) is 21.2. The summed E-state index contributed by atoms with van der Waals surface area (Å²) < 4.78 is 6.01. The van der Waals surface area contributed by atoms with Crippen LogP contribution in [0.4, 0.5) is 0 Å². The van der Waals surface area contributed by atoms with E-state index in [9.17, 15) is 0 Å². The summed E-state index contributed by atoms with van der Waals surface area (Å²) in [7, 11) is 0. The smallest absolute Gasteiger partial charge is 0.123 e. The van der Waals surface area contributed by atoms with Gasteiger partial charge in [0, 0.05) is 23.6 Å². The predicted molar refractivity (Wildman–Crippen MR) is 117 cm³/mol. The van der Waals surface area contributed by atoms with Gasteiger partial charge in [-0.2, -0.15) is 0 Å². The molecule has 0 saturated carbocycles. The minimum Gasteiger partial charge on any atom is -0.489 e. The molecule has 0 radical (unpaired) electrons. The maximum Gasteiger partial charge on any atom is 0.123 e. The topological polar surface area (TPSA) is 12.5 Å². The molecule has 1 atom stereocenters. The monoisotopic (exact) mass is 365 g/mol. The van der Waals surface area contributed by atoms with Crippen LogP contribution in [0.5, 0.6) is 5.75 Å². The molecular weight excluding hydrogens is 330 g/mol. The van der Waals surface area contributed by atoms with Crippen LogP contribution >= 0.6 is 0 Å². The van der Waals surface area contributed by atoms with Crippen LogP contribution in [0.3, 0.4) is 0 Å². The molecule has 0 aliphatic heterocycles. The lowest BCUT2D eigenvalue weighted by molar-refractivity contribution is 0.170. The minimum absolute atomic E-state index is 0.311. The van der Waals surface area contributed by atoms with Crippen molar-refractivity contribution in [1.82, 2.24) is 4.90 Å². The predicted octanol–water partition coefficient (Wildman–Crippen LogP) is 6.20. The van der Waals surface area contributed by atoms with Gasteiger partial charge in [0.1, 0.15) is 12.4 Å². The number of hydrogen-bond donors (Lipinski definition) is 0. The Morgan fingerprint density at radius 3 is 2.26 bits per heavy atom. The van der Waals surface area contributed by atoms with Crippen LogP contribution in [-0.4, -0.2) is 30.1 Å². The second-order valence-electron chi connectivity index (χ2n) is 7.82. The van der Waals surface area contributed by atoms with E-state index in [4.69, 9.17) is 4.74 Å². The van der Waals surface area contributed by atoms with Gasteiger partial charge < -0.3 is 4.74 Å². The lowest BCUT2D eigenvalue weighted by atomic mass is 9.86. The van der Waals surface area contributed by atoms with Gasteiger partial charge in [0.05, 0.1) is 0 Å². The van der Waals surface area contributed by atoms with Gasteiger partial charge >= 0.3 is 0 Å². The van der Waals surface area contributed by atoms with E-state index in [1.807, 2.05) is 0 Å². The molecule has 0 amide bonds. The van der Waals surface area contributed by atoms with Gasteiger partial charge in [0.2, 0.25) is 0 Å². The van der Waals surface area contributed by atoms with E-state index < -0.39 is 0 Å². The molecule has 0 unspecified atom stereocenters. The van der Waals surface area contributed by atoms with E-state index in [1.54, 1.807) is 6.08 Å². The van der Waals surface area contributed by atoms with Gasteiger partial charge in [0.15, 0.2) is 0 Å². The second kappa shape index (κ2) is 10.3. The van der Waals surface area contributed by atoms with Crippen LogP contribution in [0.15, 0.2) is 61.2 Å². The van der Waals surface area contributed by atoms with Gasteiger partial charge in [-0.05, 0) is 59.2 Å². The zero-order valence-corrected chi connectivity index (χ0v) is 17.6. The van der Waals surface area contributed by atoms with Crippen molar-refractivity contribution in [2.45, 2.75) is 59.0 Å². The maximum atomic E-state index is 6.01. The first-order chi connectivity index (χ1) is 12.9. The SMILES string of the molecule is C=CCOc1ccc(C)cc1[C@H](CCN(C(C)C)C(C)C)c1ccccc1. The zero-order valence-electron chi connectivity index (χ0n) is 17.6. The summed E-state index contributed by atoms with van der Waals surface area (Å²) >= 11 is 0. The average Bonchev–Trinajstić information content (AvgIpc) is 2.64. The molecule has 0 N–H and O–H groups in total. The Balaban J connectivity index is 2.39. The fourth-order valence-corrected chi connectivity index (χ4v) is 3.80. The van der Waals surface area contributed by atoms with E-state index in [-0.39, 0.29) is 0 Å². The highest BCUT2D eigenvalue weighted by Crippen LogP contribution is 2.35. The van der Waals surface area contributed by atoms with Crippen LogP contribution in [0.2, 0.25) is 0 Å². The van der Waals surface area contributed by atoms with Crippen molar-refractivity contribution in [2.75, 3.05) is 13.2 Å². The van der Waals surface area contributed by atoms with Crippen molar-refractivity contribution >= 4 is 0 Å². The summed E-state index contributed by atoms with van der Waals surface area (Å²) in [5.41, 5.74) is 3.89. The molecule has 27 heavy (non-hydrogen) atoms. The largest absolute Gasteiger partial charge is 0.489 e. The van der Waals surface area contributed by atoms with Crippen molar-refractivity contribution in [1.29, 1.82) is 0 Å². The number of nitrogens with zero attached hydrogens (tertiary/aromatic N) is 1. The van der Waals surface area contributed by atoms with Crippen molar-refractivity contribution in [2.24, 2.45) is 0 Å². The summed E-state index contributed by atoms with van der Waals surface area (Å²) in [5.74, 6) is 1.28. The van der Waals surface area contributed by atoms with Crippen molar-refractivity contribution in [3.63, 3.8) is 0 Å².